The number of hydrogen-bond acceptors (Lipinski definition) is 3. The normalized spacial score (nSPS) is 11.2. The van der Waals surface area contributed by atoms with E-state index in [0.717, 1.165) is 21.0 Å². The van der Waals surface area contributed by atoms with E-state index in [1.807, 2.05) is 49.4 Å². The van der Waals surface area contributed by atoms with Gasteiger partial charge in [-0.05, 0) is 48.9 Å². The summed E-state index contributed by atoms with van der Waals surface area (Å²) in [5.74, 6) is -0.528. The van der Waals surface area contributed by atoms with Crippen molar-refractivity contribution >= 4 is 50.5 Å². The molecule has 0 aliphatic heterocycles. The molecule has 0 unspecified atom stereocenters. The predicted octanol–water partition coefficient (Wildman–Crippen LogP) is 6.80. The highest BCUT2D eigenvalue weighted by atomic mass is 35.5. The van der Waals surface area contributed by atoms with Crippen LogP contribution < -0.4 is 9.62 Å². The molecule has 8 heteroatoms. The Bertz CT molecular complexity index is 1460. The number of carbonyl (C=O) groups is 1. The van der Waals surface area contributed by atoms with Crippen LogP contribution in [0.5, 0.6) is 0 Å². The molecule has 0 aromatic heterocycles. The molecule has 0 heterocycles. The molecule has 0 aliphatic rings. The standard InChI is InChI=1S/C27H22Cl2N2O3S/c1-19-11-14-22(15-12-19)35(33,34)31(26-17-21(28)13-16-24(26)29)18-27(32)30-25-10-6-5-9-23(25)20-7-3-2-4-8-20/h2-17H,18H2,1H3,(H,30,32). The molecule has 4 aromatic carbocycles. The summed E-state index contributed by atoms with van der Waals surface area (Å²) in [7, 11) is -4.13. The third-order valence-corrected chi connectivity index (χ3v) is 7.69. The third kappa shape index (κ3) is 5.68. The molecule has 35 heavy (non-hydrogen) atoms. The van der Waals surface area contributed by atoms with E-state index in [1.54, 1.807) is 30.3 Å². The zero-order valence-electron chi connectivity index (χ0n) is 18.8. The number of hydrogen-bond donors (Lipinski definition) is 1. The Kier molecular flexibility index (Phi) is 7.45. The second kappa shape index (κ2) is 10.5. The van der Waals surface area contributed by atoms with Crippen LogP contribution in [0.25, 0.3) is 11.1 Å². The molecule has 5 nitrogen and oxygen atoms in total. The molecule has 4 rings (SSSR count). The maximum absolute atomic E-state index is 13.6. The smallest absolute Gasteiger partial charge is 0.264 e. The van der Waals surface area contributed by atoms with Gasteiger partial charge in [-0.15, -0.1) is 0 Å². The highest BCUT2D eigenvalue weighted by Crippen LogP contribution is 2.33. The van der Waals surface area contributed by atoms with Crippen molar-refractivity contribution in [1.82, 2.24) is 0 Å². The monoisotopic (exact) mass is 524 g/mol. The van der Waals surface area contributed by atoms with Crippen LogP contribution in [-0.2, 0) is 14.8 Å². The van der Waals surface area contributed by atoms with Gasteiger partial charge in [0.05, 0.1) is 15.6 Å². The van der Waals surface area contributed by atoms with Crippen LogP contribution in [0.2, 0.25) is 10.0 Å². The fourth-order valence-electron chi connectivity index (χ4n) is 3.60. The van der Waals surface area contributed by atoms with Crippen LogP contribution in [0.4, 0.5) is 11.4 Å². The molecule has 0 aliphatic carbocycles. The first-order valence-electron chi connectivity index (χ1n) is 10.7. The van der Waals surface area contributed by atoms with Gasteiger partial charge in [-0.25, -0.2) is 8.42 Å². The number of rotatable bonds is 7. The molecular weight excluding hydrogens is 503 g/mol. The first kappa shape index (κ1) is 24.8. The van der Waals surface area contributed by atoms with Gasteiger partial charge in [0.2, 0.25) is 5.91 Å². The Labute approximate surface area is 215 Å². The van der Waals surface area contributed by atoms with E-state index < -0.39 is 22.5 Å². The predicted molar refractivity (Wildman–Crippen MR) is 143 cm³/mol. The SMILES string of the molecule is Cc1ccc(S(=O)(=O)N(CC(=O)Nc2ccccc2-c2ccccc2)c2cc(Cl)ccc2Cl)cc1. The van der Waals surface area contributed by atoms with Crippen molar-refractivity contribution in [2.24, 2.45) is 0 Å². The Morgan fingerprint density at radius 3 is 2.23 bits per heavy atom. The largest absolute Gasteiger partial charge is 0.324 e. The molecule has 178 valence electrons. The summed E-state index contributed by atoms with van der Waals surface area (Å²) in [5, 5.41) is 3.30. The first-order valence-corrected chi connectivity index (χ1v) is 12.9. The molecular formula is C27H22Cl2N2O3S. The number of benzene rings is 4. The van der Waals surface area contributed by atoms with E-state index in [0.29, 0.717) is 10.7 Å². The van der Waals surface area contributed by atoms with Gasteiger partial charge in [0.25, 0.3) is 10.0 Å². The summed E-state index contributed by atoms with van der Waals surface area (Å²) < 4.78 is 28.2. The zero-order chi connectivity index (χ0) is 25.0. The number of carbonyl (C=O) groups excluding carboxylic acids is 1. The molecule has 0 saturated carbocycles. The molecule has 1 N–H and O–H groups in total. The minimum Gasteiger partial charge on any atom is -0.324 e. The summed E-state index contributed by atoms with van der Waals surface area (Å²) >= 11 is 12.5. The average molecular weight is 525 g/mol. The van der Waals surface area contributed by atoms with Crippen LogP contribution in [-0.4, -0.2) is 20.9 Å². The fourth-order valence-corrected chi connectivity index (χ4v) is 5.46. The maximum atomic E-state index is 13.6. The molecule has 1 amide bonds. The number of halogens is 2. The molecule has 0 atom stereocenters. The van der Waals surface area contributed by atoms with Crippen molar-refractivity contribution in [2.75, 3.05) is 16.2 Å². The van der Waals surface area contributed by atoms with Crippen molar-refractivity contribution in [3.05, 3.63) is 113 Å². The Morgan fingerprint density at radius 1 is 0.857 bits per heavy atom. The topological polar surface area (TPSA) is 66.5 Å². The van der Waals surface area contributed by atoms with Gasteiger partial charge in [0.15, 0.2) is 0 Å². The van der Waals surface area contributed by atoms with Gasteiger partial charge in [0, 0.05) is 16.3 Å². The van der Waals surface area contributed by atoms with Crippen LogP contribution in [0, 0.1) is 6.92 Å². The van der Waals surface area contributed by atoms with Crippen molar-refractivity contribution < 1.29 is 13.2 Å². The summed E-state index contributed by atoms with van der Waals surface area (Å²) in [6, 6.07) is 27.8. The second-order valence-corrected chi connectivity index (χ2v) is 10.6. The van der Waals surface area contributed by atoms with Gasteiger partial charge in [-0.3, -0.25) is 9.10 Å². The van der Waals surface area contributed by atoms with E-state index in [4.69, 9.17) is 23.2 Å². The highest BCUT2D eigenvalue weighted by molar-refractivity contribution is 7.92. The summed E-state index contributed by atoms with van der Waals surface area (Å²) in [6.45, 7) is 1.36. The Hall–Kier alpha value is -3.32. The van der Waals surface area contributed by atoms with Crippen molar-refractivity contribution in [3.8, 4) is 11.1 Å². The summed E-state index contributed by atoms with van der Waals surface area (Å²) in [5.41, 5.74) is 3.33. The van der Waals surface area contributed by atoms with Crippen LogP contribution in [0.3, 0.4) is 0 Å². The number of nitrogens with zero attached hydrogens (tertiary/aromatic N) is 1. The van der Waals surface area contributed by atoms with Crippen molar-refractivity contribution in [1.29, 1.82) is 0 Å². The Morgan fingerprint density at radius 2 is 1.51 bits per heavy atom. The van der Waals surface area contributed by atoms with Gasteiger partial charge in [-0.2, -0.15) is 0 Å². The number of amides is 1. The lowest BCUT2D eigenvalue weighted by Crippen LogP contribution is -2.38. The number of anilines is 2. The second-order valence-electron chi connectivity index (χ2n) is 7.88. The highest BCUT2D eigenvalue weighted by Gasteiger charge is 2.29. The van der Waals surface area contributed by atoms with E-state index in [-0.39, 0.29) is 15.6 Å². The van der Waals surface area contributed by atoms with Crippen LogP contribution in [0.15, 0.2) is 102 Å². The number of para-hydroxylation sites is 1. The van der Waals surface area contributed by atoms with E-state index in [1.165, 1.54) is 24.3 Å². The molecule has 4 aromatic rings. The molecule has 0 spiro atoms. The van der Waals surface area contributed by atoms with Gasteiger partial charge < -0.3 is 5.32 Å². The lowest BCUT2D eigenvalue weighted by molar-refractivity contribution is -0.114. The molecule has 0 saturated heterocycles. The summed E-state index contributed by atoms with van der Waals surface area (Å²) in [4.78, 5) is 13.3. The summed E-state index contributed by atoms with van der Waals surface area (Å²) in [6.07, 6.45) is 0. The number of nitrogens with one attached hydrogen (secondary N) is 1. The molecule has 0 fully saturated rings. The fraction of sp³-hybridized carbons (Fsp3) is 0.0741. The zero-order valence-corrected chi connectivity index (χ0v) is 21.1. The quantitative estimate of drug-likeness (QED) is 0.289. The van der Waals surface area contributed by atoms with Gasteiger partial charge in [-0.1, -0.05) is 89.4 Å². The maximum Gasteiger partial charge on any atom is 0.264 e. The minimum absolute atomic E-state index is 0.0385. The van der Waals surface area contributed by atoms with E-state index >= 15 is 0 Å². The van der Waals surface area contributed by atoms with E-state index in [2.05, 4.69) is 5.32 Å². The molecule has 0 radical (unpaired) electrons. The van der Waals surface area contributed by atoms with Crippen molar-refractivity contribution in [3.63, 3.8) is 0 Å². The third-order valence-electron chi connectivity index (χ3n) is 5.36. The number of sulfonamides is 1. The first-order chi connectivity index (χ1) is 16.8. The lowest BCUT2D eigenvalue weighted by Gasteiger charge is -2.25. The lowest BCUT2D eigenvalue weighted by atomic mass is 10.0. The van der Waals surface area contributed by atoms with Crippen LogP contribution >= 0.6 is 23.2 Å². The van der Waals surface area contributed by atoms with Gasteiger partial charge >= 0.3 is 0 Å². The number of aryl methyl sites for hydroxylation is 1. The Balaban J connectivity index is 1.70. The van der Waals surface area contributed by atoms with Gasteiger partial charge in [0.1, 0.15) is 6.54 Å². The minimum atomic E-state index is -4.13. The van der Waals surface area contributed by atoms with Crippen LogP contribution in [0.1, 0.15) is 5.56 Å². The average Bonchev–Trinajstić information content (AvgIpc) is 2.85. The van der Waals surface area contributed by atoms with Crippen molar-refractivity contribution in [2.45, 2.75) is 11.8 Å². The van der Waals surface area contributed by atoms with E-state index in [9.17, 15) is 13.2 Å². The molecule has 0 bridgehead atoms.